The van der Waals surface area contributed by atoms with Gasteiger partial charge in [0.1, 0.15) is 0 Å². The summed E-state index contributed by atoms with van der Waals surface area (Å²) in [6.45, 7) is 15.1. The van der Waals surface area contributed by atoms with E-state index in [9.17, 15) is 0 Å². The van der Waals surface area contributed by atoms with E-state index in [2.05, 4.69) is 55.1 Å². The molecule has 0 radical (unpaired) electrons. The fourth-order valence-electron chi connectivity index (χ4n) is 2.27. The number of halogens is 1. The molecule has 1 saturated heterocycles. The van der Waals surface area contributed by atoms with Crippen molar-refractivity contribution in [3.8, 4) is 0 Å². The molecule has 108 valence electrons. The Bertz CT molecular complexity index is 255. The lowest BCUT2D eigenvalue weighted by Crippen LogP contribution is -2.46. The van der Waals surface area contributed by atoms with Gasteiger partial charge in [-0.2, -0.15) is 0 Å². The van der Waals surface area contributed by atoms with Crippen molar-refractivity contribution in [3.63, 3.8) is 0 Å². The average Bonchev–Trinajstić information content (AvgIpc) is 2.61. The van der Waals surface area contributed by atoms with Crippen molar-refractivity contribution in [1.82, 2.24) is 15.5 Å². The Morgan fingerprint density at radius 1 is 1.33 bits per heavy atom. The molecule has 0 aromatic heterocycles. The topological polar surface area (TPSA) is 39.7 Å². The third kappa shape index (κ3) is 5.30. The van der Waals surface area contributed by atoms with Crippen LogP contribution in [0.3, 0.4) is 0 Å². The van der Waals surface area contributed by atoms with E-state index in [0.29, 0.717) is 18.0 Å². The van der Waals surface area contributed by atoms with E-state index in [1.165, 1.54) is 6.54 Å². The second kappa shape index (κ2) is 8.96. The zero-order chi connectivity index (χ0) is 12.8. The Balaban J connectivity index is 0.00000289. The number of rotatable bonds is 4. The van der Waals surface area contributed by atoms with Crippen molar-refractivity contribution < 1.29 is 0 Å². The van der Waals surface area contributed by atoms with Crippen LogP contribution in [0.1, 0.15) is 34.6 Å². The molecule has 0 bridgehead atoms. The molecule has 0 spiro atoms. The second-order valence-corrected chi connectivity index (χ2v) is 5.13. The smallest absolute Gasteiger partial charge is 0.191 e. The van der Waals surface area contributed by atoms with E-state index in [1.54, 1.807) is 0 Å². The molecule has 4 nitrogen and oxygen atoms in total. The quantitative estimate of drug-likeness (QED) is 0.453. The maximum Gasteiger partial charge on any atom is 0.191 e. The van der Waals surface area contributed by atoms with Crippen LogP contribution < -0.4 is 10.6 Å². The van der Waals surface area contributed by atoms with Gasteiger partial charge in [-0.3, -0.25) is 9.89 Å². The third-order valence-corrected chi connectivity index (χ3v) is 3.35. The summed E-state index contributed by atoms with van der Waals surface area (Å²) < 4.78 is 0. The number of hydrogen-bond acceptors (Lipinski definition) is 2. The average molecular weight is 368 g/mol. The highest BCUT2D eigenvalue weighted by atomic mass is 127. The number of nitrogens with one attached hydrogen (secondary N) is 2. The van der Waals surface area contributed by atoms with Crippen LogP contribution in [0.2, 0.25) is 0 Å². The highest BCUT2D eigenvalue weighted by molar-refractivity contribution is 14.0. The van der Waals surface area contributed by atoms with Gasteiger partial charge >= 0.3 is 0 Å². The first kappa shape index (κ1) is 18.0. The molecule has 18 heavy (non-hydrogen) atoms. The van der Waals surface area contributed by atoms with Gasteiger partial charge in [0.05, 0.1) is 0 Å². The lowest BCUT2D eigenvalue weighted by Gasteiger charge is -2.21. The van der Waals surface area contributed by atoms with Crippen LogP contribution >= 0.6 is 24.0 Å². The van der Waals surface area contributed by atoms with E-state index < -0.39 is 0 Å². The maximum atomic E-state index is 4.46. The standard InChI is InChI=1S/C13H28N4.HI/c1-6-14-13(15-7-2)16-12-9-17(10(3)4)8-11(12)5;/h10-12H,6-9H2,1-5H3,(H2,14,15,16);1H. The lowest BCUT2D eigenvalue weighted by atomic mass is 10.1. The summed E-state index contributed by atoms with van der Waals surface area (Å²) in [5.74, 6) is 1.63. The van der Waals surface area contributed by atoms with E-state index in [1.807, 2.05) is 0 Å². The summed E-state index contributed by atoms with van der Waals surface area (Å²) in [5.41, 5.74) is 0. The van der Waals surface area contributed by atoms with E-state index in [-0.39, 0.29) is 24.0 Å². The number of hydrogen-bond donors (Lipinski definition) is 2. The Morgan fingerprint density at radius 3 is 2.44 bits per heavy atom. The highest BCUT2D eigenvalue weighted by Crippen LogP contribution is 2.18. The molecule has 1 rings (SSSR count). The maximum absolute atomic E-state index is 4.46. The van der Waals surface area contributed by atoms with Crippen LogP contribution in [0.25, 0.3) is 0 Å². The normalized spacial score (nSPS) is 25.1. The molecule has 2 N–H and O–H groups in total. The molecule has 1 fully saturated rings. The molecule has 0 aliphatic carbocycles. The summed E-state index contributed by atoms with van der Waals surface area (Å²) in [6.07, 6.45) is 0. The molecule has 1 heterocycles. The van der Waals surface area contributed by atoms with Crippen molar-refractivity contribution >= 4 is 29.9 Å². The van der Waals surface area contributed by atoms with Crippen molar-refractivity contribution in [1.29, 1.82) is 0 Å². The zero-order valence-electron chi connectivity index (χ0n) is 12.4. The Hall–Kier alpha value is -0.0400. The molecule has 5 heteroatoms. The van der Waals surface area contributed by atoms with Crippen molar-refractivity contribution in [2.24, 2.45) is 10.9 Å². The van der Waals surface area contributed by atoms with Gasteiger partial charge < -0.3 is 10.6 Å². The van der Waals surface area contributed by atoms with Crippen LogP contribution in [0.5, 0.6) is 0 Å². The summed E-state index contributed by atoms with van der Waals surface area (Å²) in [7, 11) is 0. The Morgan fingerprint density at radius 2 is 2.00 bits per heavy atom. The minimum absolute atomic E-state index is 0. The fraction of sp³-hybridized carbons (Fsp3) is 0.923. The van der Waals surface area contributed by atoms with Crippen LogP contribution in [0.4, 0.5) is 0 Å². The number of guanidine groups is 1. The van der Waals surface area contributed by atoms with Crippen LogP contribution in [0, 0.1) is 5.92 Å². The third-order valence-electron chi connectivity index (χ3n) is 3.35. The first-order valence-corrected chi connectivity index (χ1v) is 6.87. The second-order valence-electron chi connectivity index (χ2n) is 5.13. The van der Waals surface area contributed by atoms with Crippen LogP contribution in [-0.4, -0.2) is 49.1 Å². The molecule has 0 aromatic carbocycles. The van der Waals surface area contributed by atoms with Gasteiger partial charge in [0.15, 0.2) is 5.96 Å². The minimum atomic E-state index is 0. The van der Waals surface area contributed by atoms with Crippen LogP contribution in [-0.2, 0) is 0 Å². The molecular formula is C13H29IN4. The van der Waals surface area contributed by atoms with Crippen molar-refractivity contribution in [3.05, 3.63) is 0 Å². The van der Waals surface area contributed by atoms with Crippen molar-refractivity contribution in [2.75, 3.05) is 26.2 Å². The largest absolute Gasteiger partial charge is 0.357 e. The number of aliphatic imine (C=N–C) groups is 1. The lowest BCUT2D eigenvalue weighted by molar-refractivity contribution is 0.265. The SMILES string of the molecule is CCN=C(NCC)NC1CN(C(C)C)CC1C.I. The number of nitrogens with zero attached hydrogens (tertiary/aromatic N) is 2. The van der Waals surface area contributed by atoms with E-state index in [4.69, 9.17) is 0 Å². The summed E-state index contributed by atoms with van der Waals surface area (Å²) in [4.78, 5) is 6.98. The molecule has 1 aliphatic heterocycles. The molecule has 2 unspecified atom stereocenters. The Labute approximate surface area is 129 Å². The van der Waals surface area contributed by atoms with Gasteiger partial charge in [0.2, 0.25) is 0 Å². The van der Waals surface area contributed by atoms with Gasteiger partial charge in [0.25, 0.3) is 0 Å². The zero-order valence-corrected chi connectivity index (χ0v) is 14.7. The van der Waals surface area contributed by atoms with Gasteiger partial charge in [-0.1, -0.05) is 6.92 Å². The number of likely N-dealkylation sites (tertiary alicyclic amines) is 1. The Kier molecular flexibility index (Phi) is 8.94. The van der Waals surface area contributed by atoms with Gasteiger partial charge in [-0.25, -0.2) is 0 Å². The predicted molar refractivity (Wildman–Crippen MR) is 89.9 cm³/mol. The summed E-state index contributed by atoms with van der Waals surface area (Å²) >= 11 is 0. The monoisotopic (exact) mass is 368 g/mol. The van der Waals surface area contributed by atoms with Gasteiger partial charge in [0, 0.05) is 38.3 Å². The molecule has 2 atom stereocenters. The van der Waals surface area contributed by atoms with E-state index >= 15 is 0 Å². The summed E-state index contributed by atoms with van der Waals surface area (Å²) in [6, 6.07) is 1.15. The van der Waals surface area contributed by atoms with Crippen molar-refractivity contribution in [2.45, 2.75) is 46.7 Å². The first-order chi connectivity index (χ1) is 8.08. The molecular weight excluding hydrogens is 339 g/mol. The molecule has 1 aliphatic rings. The predicted octanol–water partition coefficient (Wildman–Crippen LogP) is 1.91. The van der Waals surface area contributed by atoms with E-state index in [0.717, 1.165) is 25.6 Å². The molecule has 0 saturated carbocycles. The van der Waals surface area contributed by atoms with Crippen LogP contribution in [0.15, 0.2) is 4.99 Å². The molecule has 0 aromatic rings. The molecule has 0 amide bonds. The highest BCUT2D eigenvalue weighted by Gasteiger charge is 2.31. The summed E-state index contributed by atoms with van der Waals surface area (Å²) in [5, 5.41) is 6.85. The van der Waals surface area contributed by atoms with Gasteiger partial charge in [-0.05, 0) is 33.6 Å². The first-order valence-electron chi connectivity index (χ1n) is 6.87. The minimum Gasteiger partial charge on any atom is -0.357 e. The fourth-order valence-corrected chi connectivity index (χ4v) is 2.27. The van der Waals surface area contributed by atoms with Gasteiger partial charge in [-0.15, -0.1) is 24.0 Å².